The second kappa shape index (κ2) is 11.6. The zero-order chi connectivity index (χ0) is 20.4. The number of ether oxygens (including phenoxy) is 1. The second-order valence-corrected chi connectivity index (χ2v) is 8.29. The number of phenolic OH excluding ortho intramolecular Hbond substituents is 3. The molecule has 28 heavy (non-hydrogen) atoms. The Labute approximate surface area is 169 Å². The monoisotopic (exact) mass is 406 g/mol. The predicted octanol–water partition coefficient (Wildman–Crippen LogP) is 5.49. The highest BCUT2D eigenvalue weighted by Crippen LogP contribution is 2.34. The highest BCUT2D eigenvalue weighted by atomic mass is 32.2. The Hall–Kier alpha value is -2.21. The van der Waals surface area contributed by atoms with Crippen molar-refractivity contribution < 1.29 is 24.3 Å². The van der Waals surface area contributed by atoms with Crippen molar-refractivity contribution in [2.24, 2.45) is 0 Å². The van der Waals surface area contributed by atoms with Crippen LogP contribution < -0.4 is 4.74 Å². The van der Waals surface area contributed by atoms with Crippen molar-refractivity contribution in [3.05, 3.63) is 36.4 Å². The maximum absolute atomic E-state index is 12.9. The molecular formula is C22H30O5S. The third-order valence-corrected chi connectivity index (χ3v) is 6.01. The van der Waals surface area contributed by atoms with E-state index in [2.05, 4.69) is 6.92 Å². The van der Waals surface area contributed by atoms with Crippen LogP contribution in [0.2, 0.25) is 0 Å². The van der Waals surface area contributed by atoms with Gasteiger partial charge >= 0.3 is 0 Å². The van der Waals surface area contributed by atoms with Crippen LogP contribution in [0.5, 0.6) is 23.0 Å². The van der Waals surface area contributed by atoms with Crippen LogP contribution in [-0.4, -0.2) is 26.1 Å². The first-order valence-electron chi connectivity index (χ1n) is 9.92. The van der Waals surface area contributed by atoms with E-state index < -0.39 is 10.8 Å². The fraction of sp³-hybridized carbons (Fsp3) is 0.455. The molecule has 0 aromatic heterocycles. The van der Waals surface area contributed by atoms with Crippen LogP contribution in [0.15, 0.2) is 46.2 Å². The molecular weight excluding hydrogens is 376 g/mol. The van der Waals surface area contributed by atoms with E-state index in [1.165, 1.54) is 68.9 Å². The van der Waals surface area contributed by atoms with Gasteiger partial charge in [-0.3, -0.25) is 0 Å². The molecule has 2 aromatic rings. The quantitative estimate of drug-likeness (QED) is 0.406. The van der Waals surface area contributed by atoms with E-state index in [0.717, 1.165) is 18.9 Å². The van der Waals surface area contributed by atoms with Gasteiger partial charge in [0.1, 0.15) is 23.0 Å². The first kappa shape index (κ1) is 22.1. The lowest BCUT2D eigenvalue weighted by Crippen LogP contribution is -2.02. The summed E-state index contributed by atoms with van der Waals surface area (Å²) in [4.78, 5) is 0.554. The molecule has 0 fully saturated rings. The molecule has 0 amide bonds. The van der Waals surface area contributed by atoms with Crippen LogP contribution in [0.3, 0.4) is 0 Å². The fourth-order valence-corrected chi connectivity index (χ4v) is 4.13. The Morgan fingerprint density at radius 3 is 2.00 bits per heavy atom. The topological polar surface area (TPSA) is 87.0 Å². The molecule has 0 bridgehead atoms. The Kier molecular flexibility index (Phi) is 9.14. The van der Waals surface area contributed by atoms with E-state index in [4.69, 9.17) is 4.74 Å². The summed E-state index contributed by atoms with van der Waals surface area (Å²) in [7, 11) is -1.70. The Morgan fingerprint density at radius 1 is 0.786 bits per heavy atom. The third-order valence-electron chi connectivity index (χ3n) is 4.52. The van der Waals surface area contributed by atoms with Crippen molar-refractivity contribution in [3.8, 4) is 23.0 Å². The van der Waals surface area contributed by atoms with Crippen LogP contribution in [0.25, 0.3) is 0 Å². The Morgan fingerprint density at radius 2 is 1.36 bits per heavy atom. The van der Waals surface area contributed by atoms with E-state index in [1.807, 2.05) is 0 Å². The molecule has 0 spiro atoms. The predicted molar refractivity (Wildman–Crippen MR) is 111 cm³/mol. The van der Waals surface area contributed by atoms with E-state index in [-0.39, 0.29) is 22.1 Å². The zero-order valence-corrected chi connectivity index (χ0v) is 17.2. The van der Waals surface area contributed by atoms with Gasteiger partial charge in [0.05, 0.1) is 27.2 Å². The molecule has 0 radical (unpaired) electrons. The van der Waals surface area contributed by atoms with E-state index in [9.17, 15) is 19.5 Å². The first-order chi connectivity index (χ1) is 13.5. The SMILES string of the molecule is CCCCCCCCCCOc1cc(O)ccc1S(=O)c1ccc(O)cc1O. The lowest BCUT2D eigenvalue weighted by Gasteiger charge is -2.13. The zero-order valence-electron chi connectivity index (χ0n) is 16.4. The lowest BCUT2D eigenvalue weighted by molar-refractivity contribution is 0.295. The summed E-state index contributed by atoms with van der Waals surface area (Å²) in [6, 6.07) is 8.34. The molecule has 0 aliphatic rings. The van der Waals surface area contributed by atoms with E-state index in [1.54, 1.807) is 0 Å². The molecule has 1 unspecified atom stereocenters. The summed E-state index contributed by atoms with van der Waals surface area (Å²) in [5.41, 5.74) is 0. The van der Waals surface area contributed by atoms with Gasteiger partial charge in [-0.05, 0) is 30.7 Å². The molecule has 2 rings (SSSR count). The van der Waals surface area contributed by atoms with Crippen molar-refractivity contribution in [1.82, 2.24) is 0 Å². The molecule has 0 heterocycles. The smallest absolute Gasteiger partial charge is 0.139 e. The molecule has 2 aromatic carbocycles. The van der Waals surface area contributed by atoms with Gasteiger partial charge in [0, 0.05) is 12.1 Å². The van der Waals surface area contributed by atoms with Crippen molar-refractivity contribution in [1.29, 1.82) is 0 Å². The second-order valence-electron chi connectivity index (χ2n) is 6.88. The maximum Gasteiger partial charge on any atom is 0.139 e. The van der Waals surface area contributed by atoms with Crippen LogP contribution >= 0.6 is 0 Å². The normalized spacial score (nSPS) is 12.0. The Bertz CT molecular complexity index is 776. The van der Waals surface area contributed by atoms with Gasteiger partial charge in [0.2, 0.25) is 0 Å². The standard InChI is InChI=1S/C22H30O5S/c1-2-3-4-5-6-7-8-9-14-27-20-16-18(24)11-13-22(20)28(26)21-12-10-17(23)15-19(21)25/h10-13,15-16,23-25H,2-9,14H2,1H3. The van der Waals surface area contributed by atoms with Crippen LogP contribution in [-0.2, 0) is 10.8 Å². The van der Waals surface area contributed by atoms with Gasteiger partial charge < -0.3 is 20.1 Å². The van der Waals surface area contributed by atoms with Gasteiger partial charge in [-0.15, -0.1) is 0 Å². The van der Waals surface area contributed by atoms with Crippen LogP contribution in [0.1, 0.15) is 58.3 Å². The van der Waals surface area contributed by atoms with Crippen molar-refractivity contribution in [3.63, 3.8) is 0 Å². The number of hydrogen-bond donors (Lipinski definition) is 3. The summed E-state index contributed by atoms with van der Waals surface area (Å²) in [6.07, 6.45) is 9.51. The van der Waals surface area contributed by atoms with Gasteiger partial charge in [0.15, 0.2) is 0 Å². The highest BCUT2D eigenvalue weighted by Gasteiger charge is 2.17. The number of hydrogen-bond acceptors (Lipinski definition) is 5. The fourth-order valence-electron chi connectivity index (χ4n) is 2.96. The van der Waals surface area contributed by atoms with Crippen molar-refractivity contribution >= 4 is 10.8 Å². The molecule has 5 nitrogen and oxygen atoms in total. The highest BCUT2D eigenvalue weighted by molar-refractivity contribution is 7.85. The molecule has 1 atom stereocenters. The van der Waals surface area contributed by atoms with Crippen LogP contribution in [0, 0.1) is 0 Å². The first-order valence-corrected chi connectivity index (χ1v) is 11.1. The van der Waals surface area contributed by atoms with Gasteiger partial charge in [-0.1, -0.05) is 51.9 Å². The molecule has 3 N–H and O–H groups in total. The molecule has 6 heteroatoms. The molecule has 0 saturated heterocycles. The molecule has 154 valence electrons. The number of unbranched alkanes of at least 4 members (excludes halogenated alkanes) is 7. The minimum atomic E-state index is -1.70. The number of phenols is 3. The average Bonchev–Trinajstić information content (AvgIpc) is 2.66. The minimum absolute atomic E-state index is 0.0293. The minimum Gasteiger partial charge on any atom is -0.508 e. The van der Waals surface area contributed by atoms with Gasteiger partial charge in [0.25, 0.3) is 0 Å². The summed E-state index contributed by atoms with van der Waals surface area (Å²) >= 11 is 0. The summed E-state index contributed by atoms with van der Waals surface area (Å²) in [5.74, 6) is 0.0194. The molecule has 0 aliphatic heterocycles. The Balaban J connectivity index is 1.92. The molecule has 0 aliphatic carbocycles. The van der Waals surface area contributed by atoms with Gasteiger partial charge in [-0.25, -0.2) is 4.21 Å². The number of benzene rings is 2. The van der Waals surface area contributed by atoms with Gasteiger partial charge in [-0.2, -0.15) is 0 Å². The van der Waals surface area contributed by atoms with Crippen molar-refractivity contribution in [2.75, 3.05) is 6.61 Å². The van der Waals surface area contributed by atoms with E-state index in [0.29, 0.717) is 17.3 Å². The summed E-state index contributed by atoms with van der Waals surface area (Å²) in [5, 5.41) is 29.2. The van der Waals surface area contributed by atoms with Crippen LogP contribution in [0.4, 0.5) is 0 Å². The largest absolute Gasteiger partial charge is 0.508 e. The summed E-state index contributed by atoms with van der Waals surface area (Å²) in [6.45, 7) is 2.69. The van der Waals surface area contributed by atoms with E-state index >= 15 is 0 Å². The number of rotatable bonds is 12. The molecule has 0 saturated carbocycles. The number of aromatic hydroxyl groups is 3. The van der Waals surface area contributed by atoms with Crippen molar-refractivity contribution in [2.45, 2.75) is 68.1 Å². The third kappa shape index (κ3) is 6.75. The maximum atomic E-state index is 12.9. The summed E-state index contributed by atoms with van der Waals surface area (Å²) < 4.78 is 18.7. The lowest BCUT2D eigenvalue weighted by atomic mass is 10.1. The average molecular weight is 407 g/mol.